The minimum atomic E-state index is -0.997. The van der Waals surface area contributed by atoms with Crippen molar-refractivity contribution in [2.45, 2.75) is 0 Å². The summed E-state index contributed by atoms with van der Waals surface area (Å²) in [6.07, 6.45) is 0. The summed E-state index contributed by atoms with van der Waals surface area (Å²) in [6.45, 7) is -0.241. The Balaban J connectivity index is 2.45. The Kier molecular flexibility index (Phi) is 2.00. The average molecular weight is 205 g/mol. The van der Waals surface area contributed by atoms with Crippen molar-refractivity contribution in [3.63, 3.8) is 0 Å². The Morgan fingerprint density at radius 2 is 2.00 bits per heavy atom. The summed E-state index contributed by atoms with van der Waals surface area (Å²) in [7, 11) is 0. The van der Waals surface area contributed by atoms with Crippen LogP contribution in [-0.2, 0) is 9.59 Å². The predicted octanol–water partition coefficient (Wildman–Crippen LogP) is -0.297. The normalized spacial score (nSPS) is 13.1. The summed E-state index contributed by atoms with van der Waals surface area (Å²) < 4.78 is 1.40. The molecule has 1 aliphatic heterocycles. The molecule has 1 heterocycles. The molecule has 1 aromatic rings. The third-order valence-electron chi connectivity index (χ3n) is 2.25. The lowest BCUT2D eigenvalue weighted by Gasteiger charge is -2.16. The fourth-order valence-electron chi connectivity index (χ4n) is 1.69. The monoisotopic (exact) mass is 205 g/mol. The van der Waals surface area contributed by atoms with Crippen LogP contribution in [0.5, 0.6) is 0 Å². The molecule has 0 aromatic heterocycles. The van der Waals surface area contributed by atoms with Crippen LogP contribution in [0, 0.1) is 0 Å². The van der Waals surface area contributed by atoms with Gasteiger partial charge in [0.25, 0.3) is 5.71 Å². The van der Waals surface area contributed by atoms with E-state index in [1.165, 1.54) is 4.58 Å². The van der Waals surface area contributed by atoms with Crippen molar-refractivity contribution in [2.75, 3.05) is 6.54 Å². The molecule has 5 heteroatoms. The SMILES string of the molecule is NC(=O)C1=[N+](CC(=O)O)c2ccccc21. The van der Waals surface area contributed by atoms with Gasteiger partial charge in [0.05, 0.1) is 0 Å². The maximum absolute atomic E-state index is 11.1. The molecule has 0 radical (unpaired) electrons. The number of carbonyl (C=O) groups excluding carboxylic acids is 1. The van der Waals surface area contributed by atoms with Gasteiger partial charge >= 0.3 is 11.9 Å². The highest BCUT2D eigenvalue weighted by molar-refractivity contribution is 6.45. The molecule has 2 rings (SSSR count). The fourth-order valence-corrected chi connectivity index (χ4v) is 1.69. The van der Waals surface area contributed by atoms with Crippen LogP contribution >= 0.6 is 0 Å². The van der Waals surface area contributed by atoms with Gasteiger partial charge in [0.2, 0.25) is 12.2 Å². The molecule has 1 aliphatic rings. The lowest BCUT2D eigenvalue weighted by Crippen LogP contribution is -2.41. The second-order valence-corrected chi connectivity index (χ2v) is 3.21. The van der Waals surface area contributed by atoms with Crippen LogP contribution in [0.1, 0.15) is 5.56 Å². The van der Waals surface area contributed by atoms with Gasteiger partial charge in [-0.05, 0) is 6.07 Å². The van der Waals surface area contributed by atoms with Crippen molar-refractivity contribution < 1.29 is 19.3 Å². The molecule has 3 N–H and O–H groups in total. The molecule has 1 amide bonds. The number of fused-ring (bicyclic) bond motifs is 1. The van der Waals surface area contributed by atoms with Gasteiger partial charge in [-0.15, -0.1) is 0 Å². The van der Waals surface area contributed by atoms with E-state index in [-0.39, 0.29) is 12.3 Å². The molecule has 0 fully saturated rings. The number of para-hydroxylation sites is 1. The molecule has 0 saturated heterocycles. The molecule has 5 nitrogen and oxygen atoms in total. The zero-order valence-electron chi connectivity index (χ0n) is 7.80. The van der Waals surface area contributed by atoms with E-state index in [4.69, 9.17) is 10.8 Å². The molecular weight excluding hydrogens is 196 g/mol. The number of carbonyl (C=O) groups is 2. The number of nitrogens with two attached hydrogens (primary N) is 1. The van der Waals surface area contributed by atoms with E-state index in [1.54, 1.807) is 24.3 Å². The number of aliphatic carboxylic acids is 1. The lowest BCUT2D eigenvalue weighted by molar-refractivity contribution is -0.441. The lowest BCUT2D eigenvalue weighted by atomic mass is 9.99. The maximum Gasteiger partial charge on any atom is 0.370 e. The number of primary amides is 1. The zero-order chi connectivity index (χ0) is 11.0. The molecule has 15 heavy (non-hydrogen) atoms. The van der Waals surface area contributed by atoms with Gasteiger partial charge in [0.1, 0.15) is 5.56 Å². The fraction of sp³-hybridized carbons (Fsp3) is 0.100. The van der Waals surface area contributed by atoms with Gasteiger partial charge < -0.3 is 10.8 Å². The molecule has 0 spiro atoms. The van der Waals surface area contributed by atoms with Crippen LogP contribution in [0.4, 0.5) is 5.69 Å². The zero-order valence-corrected chi connectivity index (χ0v) is 7.80. The summed E-state index contributed by atoms with van der Waals surface area (Å²) in [5, 5.41) is 8.67. The van der Waals surface area contributed by atoms with Crippen LogP contribution < -0.4 is 5.73 Å². The van der Waals surface area contributed by atoms with Gasteiger partial charge in [-0.1, -0.05) is 12.1 Å². The highest BCUT2D eigenvalue weighted by Gasteiger charge is 2.40. The first kappa shape index (κ1) is 9.39. The molecule has 0 saturated carbocycles. The summed E-state index contributed by atoms with van der Waals surface area (Å²) in [4.78, 5) is 21.7. The Bertz CT molecular complexity index is 491. The Morgan fingerprint density at radius 1 is 1.33 bits per heavy atom. The predicted molar refractivity (Wildman–Crippen MR) is 52.2 cm³/mol. The van der Waals surface area contributed by atoms with Gasteiger partial charge in [0.15, 0.2) is 0 Å². The smallest absolute Gasteiger partial charge is 0.370 e. The maximum atomic E-state index is 11.1. The van der Waals surface area contributed by atoms with Gasteiger partial charge in [-0.2, -0.15) is 4.58 Å². The minimum absolute atomic E-state index is 0.241. The van der Waals surface area contributed by atoms with Crippen molar-refractivity contribution in [2.24, 2.45) is 5.73 Å². The van der Waals surface area contributed by atoms with E-state index in [1.807, 2.05) is 0 Å². The molecule has 0 unspecified atom stereocenters. The van der Waals surface area contributed by atoms with E-state index >= 15 is 0 Å². The number of amides is 1. The van der Waals surface area contributed by atoms with Crippen LogP contribution in [0.2, 0.25) is 0 Å². The standard InChI is InChI=1S/C10H8N2O3/c11-10(15)9-6-3-1-2-4-7(6)12(9)5-8(13)14/h1-4H,5H2,(H2-,11,13,14,15)/p+1. The van der Waals surface area contributed by atoms with Crippen molar-refractivity contribution in [3.05, 3.63) is 29.8 Å². The van der Waals surface area contributed by atoms with E-state index < -0.39 is 11.9 Å². The second kappa shape index (κ2) is 3.20. The third-order valence-corrected chi connectivity index (χ3v) is 2.25. The van der Waals surface area contributed by atoms with Crippen LogP contribution in [-0.4, -0.2) is 33.8 Å². The third kappa shape index (κ3) is 1.38. The van der Waals surface area contributed by atoms with Crippen molar-refractivity contribution >= 4 is 23.3 Å². The Hall–Kier alpha value is -2.17. The average Bonchev–Trinajstić information content (AvgIpc) is 2.13. The number of carboxylic acid groups (broad SMARTS) is 1. The molecule has 1 aromatic carbocycles. The van der Waals surface area contributed by atoms with Crippen molar-refractivity contribution in [3.8, 4) is 0 Å². The van der Waals surface area contributed by atoms with Crippen molar-refractivity contribution in [1.82, 2.24) is 0 Å². The quantitative estimate of drug-likeness (QED) is 0.665. The number of carboxylic acids is 1. The van der Waals surface area contributed by atoms with Gasteiger partial charge in [-0.25, -0.2) is 4.79 Å². The largest absolute Gasteiger partial charge is 0.477 e. The number of benzene rings is 1. The highest BCUT2D eigenvalue weighted by atomic mass is 16.4. The highest BCUT2D eigenvalue weighted by Crippen LogP contribution is 2.28. The molecule has 0 atom stereocenters. The first-order valence-corrected chi connectivity index (χ1v) is 4.36. The number of hydrogen-bond acceptors (Lipinski definition) is 2. The Morgan fingerprint density at radius 3 is 2.60 bits per heavy atom. The first-order chi connectivity index (χ1) is 7.11. The topological polar surface area (TPSA) is 83.4 Å². The van der Waals surface area contributed by atoms with E-state index in [0.29, 0.717) is 5.56 Å². The van der Waals surface area contributed by atoms with E-state index in [2.05, 4.69) is 0 Å². The molecule has 0 bridgehead atoms. The number of rotatable bonds is 3. The van der Waals surface area contributed by atoms with Gasteiger partial charge in [-0.3, -0.25) is 4.79 Å². The summed E-state index contributed by atoms with van der Waals surface area (Å²) in [5.41, 5.74) is 6.88. The van der Waals surface area contributed by atoms with E-state index in [0.717, 1.165) is 5.69 Å². The molecule has 76 valence electrons. The molecular formula is C10H9N2O3+. The summed E-state index contributed by atoms with van der Waals surface area (Å²) >= 11 is 0. The van der Waals surface area contributed by atoms with Crippen molar-refractivity contribution in [1.29, 1.82) is 0 Å². The summed E-state index contributed by atoms with van der Waals surface area (Å²) in [5.74, 6) is -1.60. The summed E-state index contributed by atoms with van der Waals surface area (Å²) in [6, 6.07) is 7.06. The van der Waals surface area contributed by atoms with E-state index in [9.17, 15) is 9.59 Å². The second-order valence-electron chi connectivity index (χ2n) is 3.21. The van der Waals surface area contributed by atoms with Gasteiger partial charge in [0, 0.05) is 6.07 Å². The Labute approximate surface area is 85.4 Å². The van der Waals surface area contributed by atoms with Crippen LogP contribution in [0.3, 0.4) is 0 Å². The van der Waals surface area contributed by atoms with Crippen LogP contribution in [0.25, 0.3) is 0 Å². The van der Waals surface area contributed by atoms with Crippen LogP contribution in [0.15, 0.2) is 24.3 Å². The number of hydrogen-bond donors (Lipinski definition) is 2. The molecule has 0 aliphatic carbocycles. The number of nitrogens with zero attached hydrogens (tertiary/aromatic N) is 1. The first-order valence-electron chi connectivity index (χ1n) is 4.36. The minimum Gasteiger partial charge on any atom is -0.477 e.